The molecule has 1 N–H and O–H groups in total. The maximum atomic E-state index is 12.5. The molecule has 0 fully saturated rings. The SMILES string of the molecule is COc1ccc(NC(=O)CCn2c(=O)cc(C)c3cc(C)cc(C)c32)cc1. The summed E-state index contributed by atoms with van der Waals surface area (Å²) in [4.78, 5) is 24.9. The van der Waals surface area contributed by atoms with E-state index in [1.807, 2.05) is 20.8 Å². The number of methoxy groups -OCH3 is 1. The van der Waals surface area contributed by atoms with Gasteiger partial charge in [-0.2, -0.15) is 0 Å². The highest BCUT2D eigenvalue weighted by Gasteiger charge is 2.11. The molecule has 5 heteroatoms. The van der Waals surface area contributed by atoms with Gasteiger partial charge in [-0.1, -0.05) is 11.6 Å². The molecule has 0 radical (unpaired) electrons. The number of rotatable bonds is 5. The number of amides is 1. The number of ether oxygens (including phenoxy) is 1. The van der Waals surface area contributed by atoms with Gasteiger partial charge in [-0.25, -0.2) is 0 Å². The first kappa shape index (κ1) is 18.7. The van der Waals surface area contributed by atoms with E-state index in [1.54, 1.807) is 42.0 Å². The fourth-order valence-electron chi connectivity index (χ4n) is 3.40. The van der Waals surface area contributed by atoms with Gasteiger partial charge in [-0.15, -0.1) is 0 Å². The van der Waals surface area contributed by atoms with Gasteiger partial charge in [-0.3, -0.25) is 9.59 Å². The maximum Gasteiger partial charge on any atom is 0.251 e. The molecular formula is C22H24N2O3. The number of aryl methyl sites for hydroxylation is 4. The number of anilines is 1. The second-order valence-electron chi connectivity index (χ2n) is 6.82. The molecule has 0 unspecified atom stereocenters. The molecule has 5 nitrogen and oxygen atoms in total. The molecule has 140 valence electrons. The van der Waals surface area contributed by atoms with Crippen LogP contribution in [0.3, 0.4) is 0 Å². The molecule has 1 amide bonds. The van der Waals surface area contributed by atoms with Crippen LogP contribution < -0.4 is 15.6 Å². The van der Waals surface area contributed by atoms with Crippen molar-refractivity contribution in [2.24, 2.45) is 0 Å². The van der Waals surface area contributed by atoms with E-state index in [2.05, 4.69) is 17.4 Å². The largest absolute Gasteiger partial charge is 0.497 e. The van der Waals surface area contributed by atoms with Crippen molar-refractivity contribution in [1.29, 1.82) is 0 Å². The van der Waals surface area contributed by atoms with Crippen LogP contribution in [-0.2, 0) is 11.3 Å². The van der Waals surface area contributed by atoms with E-state index in [1.165, 1.54) is 0 Å². The molecule has 0 aliphatic rings. The molecule has 0 aliphatic heterocycles. The summed E-state index contributed by atoms with van der Waals surface area (Å²) in [5, 5.41) is 3.91. The first-order chi connectivity index (χ1) is 12.9. The van der Waals surface area contributed by atoms with Crippen molar-refractivity contribution in [3.8, 4) is 5.75 Å². The van der Waals surface area contributed by atoms with Crippen LogP contribution in [0.5, 0.6) is 5.75 Å². The lowest BCUT2D eigenvalue weighted by Gasteiger charge is -2.15. The number of carbonyl (C=O) groups excluding carboxylic acids is 1. The molecule has 2 aromatic carbocycles. The number of nitrogens with zero attached hydrogens (tertiary/aromatic N) is 1. The minimum atomic E-state index is -0.134. The molecule has 0 atom stereocenters. The predicted molar refractivity (Wildman–Crippen MR) is 109 cm³/mol. The van der Waals surface area contributed by atoms with E-state index in [0.717, 1.165) is 33.3 Å². The number of hydrogen-bond acceptors (Lipinski definition) is 3. The van der Waals surface area contributed by atoms with Crippen LogP contribution in [-0.4, -0.2) is 17.6 Å². The standard InChI is InChI=1S/C22H24N2O3/c1-14-11-16(3)22-19(12-14)15(2)13-21(26)24(22)10-9-20(25)23-17-5-7-18(27-4)8-6-17/h5-8,11-13H,9-10H2,1-4H3,(H,23,25). The number of benzene rings is 2. The molecule has 1 heterocycles. The van der Waals surface area contributed by atoms with Gasteiger partial charge >= 0.3 is 0 Å². The van der Waals surface area contributed by atoms with Crippen LogP contribution >= 0.6 is 0 Å². The summed E-state index contributed by atoms with van der Waals surface area (Å²) in [6, 6.07) is 13.0. The zero-order chi connectivity index (χ0) is 19.6. The van der Waals surface area contributed by atoms with Gasteiger partial charge in [0.2, 0.25) is 5.91 Å². The Labute approximate surface area is 158 Å². The average molecular weight is 364 g/mol. The molecule has 3 rings (SSSR count). The molecule has 0 bridgehead atoms. The lowest BCUT2D eigenvalue weighted by atomic mass is 10.0. The lowest BCUT2D eigenvalue weighted by Crippen LogP contribution is -2.24. The zero-order valence-corrected chi connectivity index (χ0v) is 16.1. The summed E-state index contributed by atoms with van der Waals surface area (Å²) in [6.45, 7) is 6.33. The summed E-state index contributed by atoms with van der Waals surface area (Å²) < 4.78 is 6.81. The Morgan fingerprint density at radius 2 is 1.74 bits per heavy atom. The van der Waals surface area contributed by atoms with Crippen molar-refractivity contribution >= 4 is 22.5 Å². The van der Waals surface area contributed by atoms with Crippen LogP contribution in [0.1, 0.15) is 23.1 Å². The molecule has 0 saturated heterocycles. The normalized spacial score (nSPS) is 10.8. The second-order valence-corrected chi connectivity index (χ2v) is 6.82. The highest BCUT2D eigenvalue weighted by molar-refractivity contribution is 5.91. The van der Waals surface area contributed by atoms with Gasteiger partial charge in [0.15, 0.2) is 0 Å². The van der Waals surface area contributed by atoms with E-state index in [9.17, 15) is 9.59 Å². The van der Waals surface area contributed by atoms with Gasteiger partial charge in [0, 0.05) is 30.1 Å². The Hall–Kier alpha value is -3.08. The Morgan fingerprint density at radius 3 is 2.41 bits per heavy atom. The summed E-state index contributed by atoms with van der Waals surface area (Å²) >= 11 is 0. The van der Waals surface area contributed by atoms with Crippen molar-refractivity contribution in [2.75, 3.05) is 12.4 Å². The number of aromatic nitrogens is 1. The van der Waals surface area contributed by atoms with E-state index in [0.29, 0.717) is 12.2 Å². The van der Waals surface area contributed by atoms with Crippen molar-refractivity contribution in [2.45, 2.75) is 33.7 Å². The van der Waals surface area contributed by atoms with Crippen molar-refractivity contribution in [1.82, 2.24) is 4.57 Å². The summed E-state index contributed by atoms with van der Waals surface area (Å²) in [5.41, 5.74) is 4.69. The van der Waals surface area contributed by atoms with E-state index >= 15 is 0 Å². The lowest BCUT2D eigenvalue weighted by molar-refractivity contribution is -0.116. The van der Waals surface area contributed by atoms with Gasteiger partial charge in [0.1, 0.15) is 5.75 Å². The fraction of sp³-hybridized carbons (Fsp3) is 0.273. The predicted octanol–water partition coefficient (Wildman–Crippen LogP) is 3.96. The van der Waals surface area contributed by atoms with E-state index < -0.39 is 0 Å². The number of fused-ring (bicyclic) bond motifs is 1. The van der Waals surface area contributed by atoms with Gasteiger partial charge < -0.3 is 14.6 Å². The minimum Gasteiger partial charge on any atom is -0.497 e. The molecular weight excluding hydrogens is 340 g/mol. The molecule has 27 heavy (non-hydrogen) atoms. The average Bonchev–Trinajstić information content (AvgIpc) is 2.62. The topological polar surface area (TPSA) is 60.3 Å². The Bertz CT molecular complexity index is 1050. The quantitative estimate of drug-likeness (QED) is 0.745. The number of pyridine rings is 1. The van der Waals surface area contributed by atoms with Crippen LogP contribution in [0, 0.1) is 20.8 Å². The summed E-state index contributed by atoms with van der Waals surface area (Å²) in [7, 11) is 1.60. The van der Waals surface area contributed by atoms with Crippen molar-refractivity contribution in [3.05, 3.63) is 69.5 Å². The molecule has 3 aromatic rings. The Balaban J connectivity index is 1.82. The van der Waals surface area contributed by atoms with E-state index in [-0.39, 0.29) is 17.9 Å². The Kier molecular flexibility index (Phi) is 5.31. The van der Waals surface area contributed by atoms with Crippen LogP contribution in [0.15, 0.2) is 47.3 Å². The van der Waals surface area contributed by atoms with E-state index in [4.69, 9.17) is 4.74 Å². The third-order valence-electron chi connectivity index (χ3n) is 4.68. The van der Waals surface area contributed by atoms with Crippen LogP contribution in [0.4, 0.5) is 5.69 Å². The van der Waals surface area contributed by atoms with Crippen molar-refractivity contribution in [3.63, 3.8) is 0 Å². The molecule has 0 spiro atoms. The fourth-order valence-corrected chi connectivity index (χ4v) is 3.40. The molecule has 0 saturated carbocycles. The second kappa shape index (κ2) is 7.66. The molecule has 0 aliphatic carbocycles. The van der Waals surface area contributed by atoms with Crippen LogP contribution in [0.2, 0.25) is 0 Å². The van der Waals surface area contributed by atoms with Crippen molar-refractivity contribution < 1.29 is 9.53 Å². The first-order valence-corrected chi connectivity index (χ1v) is 8.94. The highest BCUT2D eigenvalue weighted by Crippen LogP contribution is 2.22. The summed E-state index contributed by atoms with van der Waals surface area (Å²) in [6.07, 6.45) is 0.220. The molecule has 1 aromatic heterocycles. The van der Waals surface area contributed by atoms with Gasteiger partial charge in [-0.05, 0) is 62.2 Å². The number of carbonyl (C=O) groups is 1. The number of hydrogen-bond donors (Lipinski definition) is 1. The third kappa shape index (κ3) is 4.03. The first-order valence-electron chi connectivity index (χ1n) is 8.94. The smallest absolute Gasteiger partial charge is 0.251 e. The van der Waals surface area contributed by atoms with Gasteiger partial charge in [0.25, 0.3) is 5.56 Å². The number of nitrogens with one attached hydrogen (secondary N) is 1. The third-order valence-corrected chi connectivity index (χ3v) is 4.68. The highest BCUT2D eigenvalue weighted by atomic mass is 16.5. The van der Waals surface area contributed by atoms with Gasteiger partial charge in [0.05, 0.1) is 12.6 Å². The zero-order valence-electron chi connectivity index (χ0n) is 16.1. The Morgan fingerprint density at radius 1 is 1.04 bits per heavy atom. The maximum absolute atomic E-state index is 12.5. The monoisotopic (exact) mass is 364 g/mol. The van der Waals surface area contributed by atoms with Crippen LogP contribution in [0.25, 0.3) is 10.9 Å². The minimum absolute atomic E-state index is 0.0794. The summed E-state index contributed by atoms with van der Waals surface area (Å²) in [5.74, 6) is 0.599.